The number of carbonyl (C=O) groups excluding carboxylic acids is 1. The Hall–Kier alpha value is -1.88. The lowest BCUT2D eigenvalue weighted by Crippen LogP contribution is -2.39. The molecule has 5 heteroatoms. The van der Waals surface area contributed by atoms with Gasteiger partial charge in [-0.25, -0.2) is 4.39 Å². The molecule has 0 amide bonds. The number of hydrogen-bond donors (Lipinski definition) is 1. The van der Waals surface area contributed by atoms with E-state index in [1.807, 2.05) is 0 Å². The number of benzene rings is 1. The zero-order chi connectivity index (χ0) is 14.5. The van der Waals surface area contributed by atoms with Crippen LogP contribution in [0.4, 0.5) is 4.39 Å². The molecule has 1 aromatic rings. The summed E-state index contributed by atoms with van der Waals surface area (Å²) in [5, 5.41) is 0. The van der Waals surface area contributed by atoms with Gasteiger partial charge in [0.2, 0.25) is 0 Å². The van der Waals surface area contributed by atoms with Crippen molar-refractivity contribution in [1.29, 1.82) is 0 Å². The third-order valence-electron chi connectivity index (χ3n) is 3.15. The predicted octanol–water partition coefficient (Wildman–Crippen LogP) is 1.97. The zero-order valence-corrected chi connectivity index (χ0v) is 11.2. The van der Waals surface area contributed by atoms with Crippen molar-refractivity contribution in [2.24, 2.45) is 5.73 Å². The number of halogens is 1. The summed E-state index contributed by atoms with van der Waals surface area (Å²) in [4.78, 5) is 11.0. The fourth-order valence-corrected chi connectivity index (χ4v) is 2.14. The predicted molar refractivity (Wildman–Crippen MR) is 72.9 cm³/mol. The Morgan fingerprint density at radius 1 is 1.55 bits per heavy atom. The molecule has 0 spiro atoms. The maximum atomic E-state index is 13.4. The molecule has 2 atom stereocenters. The molecule has 1 aliphatic rings. The quantitative estimate of drug-likeness (QED) is 0.639. The van der Waals surface area contributed by atoms with Crippen LogP contribution in [-0.2, 0) is 16.0 Å². The van der Waals surface area contributed by atoms with Crippen LogP contribution in [0.25, 0.3) is 0 Å². The molecule has 0 bridgehead atoms. The zero-order valence-electron chi connectivity index (χ0n) is 11.2. The fraction of sp³-hybridized carbons (Fsp3) is 0.400. The van der Waals surface area contributed by atoms with Crippen LogP contribution < -0.4 is 10.5 Å². The highest BCUT2D eigenvalue weighted by molar-refractivity contribution is 5.71. The van der Waals surface area contributed by atoms with Gasteiger partial charge >= 0.3 is 5.97 Å². The van der Waals surface area contributed by atoms with E-state index in [0.29, 0.717) is 25.0 Å². The van der Waals surface area contributed by atoms with Gasteiger partial charge in [0.05, 0.1) is 6.04 Å². The van der Waals surface area contributed by atoms with Crippen molar-refractivity contribution in [3.8, 4) is 5.75 Å². The summed E-state index contributed by atoms with van der Waals surface area (Å²) in [5.41, 5.74) is 6.70. The Morgan fingerprint density at radius 3 is 3.00 bits per heavy atom. The summed E-state index contributed by atoms with van der Waals surface area (Å²) >= 11 is 0. The number of hydrogen-bond acceptors (Lipinski definition) is 4. The van der Waals surface area contributed by atoms with Gasteiger partial charge in [0, 0.05) is 12.5 Å². The molecule has 1 saturated heterocycles. The molecule has 1 heterocycles. The maximum absolute atomic E-state index is 13.4. The van der Waals surface area contributed by atoms with Crippen molar-refractivity contribution in [3.63, 3.8) is 0 Å². The molecule has 20 heavy (non-hydrogen) atoms. The monoisotopic (exact) mass is 279 g/mol. The van der Waals surface area contributed by atoms with Crippen molar-refractivity contribution in [3.05, 3.63) is 42.2 Å². The van der Waals surface area contributed by atoms with Crippen molar-refractivity contribution in [2.45, 2.75) is 31.4 Å². The van der Waals surface area contributed by atoms with E-state index in [4.69, 9.17) is 15.2 Å². The molecule has 1 aliphatic heterocycles. The highest BCUT2D eigenvalue weighted by atomic mass is 19.1. The second kappa shape index (κ2) is 6.52. The summed E-state index contributed by atoms with van der Waals surface area (Å²) in [6.45, 7) is 3.79. The van der Waals surface area contributed by atoms with Crippen LogP contribution in [0.3, 0.4) is 0 Å². The van der Waals surface area contributed by atoms with Gasteiger partial charge < -0.3 is 15.2 Å². The second-order valence-electron chi connectivity index (χ2n) is 4.83. The Kier molecular flexibility index (Phi) is 4.74. The normalized spacial score (nSPS) is 19.5. The van der Waals surface area contributed by atoms with Gasteiger partial charge in [-0.15, -0.1) is 6.58 Å². The van der Waals surface area contributed by atoms with Crippen molar-refractivity contribution in [1.82, 2.24) is 0 Å². The van der Waals surface area contributed by atoms with Gasteiger partial charge in [-0.3, -0.25) is 4.79 Å². The molecule has 108 valence electrons. The molecule has 2 unspecified atom stereocenters. The lowest BCUT2D eigenvalue weighted by atomic mass is 10.1. The van der Waals surface area contributed by atoms with E-state index in [1.165, 1.54) is 12.1 Å². The Bertz CT molecular complexity index is 504. The van der Waals surface area contributed by atoms with Crippen LogP contribution in [-0.4, -0.2) is 24.7 Å². The standard InChI is InChI=1S/C15H18FNO3/c1-2-3-10-6-11(16)8-12(7-10)19-9-13(17)14-4-5-15(18)20-14/h2,6-8,13-14H,1,3-5,9,17H2. The van der Waals surface area contributed by atoms with Crippen LogP contribution in [0.2, 0.25) is 0 Å². The summed E-state index contributed by atoms with van der Waals surface area (Å²) < 4.78 is 24.0. The second-order valence-corrected chi connectivity index (χ2v) is 4.83. The van der Waals surface area contributed by atoms with Gasteiger partial charge in [-0.2, -0.15) is 0 Å². The molecular weight excluding hydrogens is 261 g/mol. The first-order chi connectivity index (χ1) is 9.58. The van der Waals surface area contributed by atoms with Crippen LogP contribution in [0, 0.1) is 5.82 Å². The molecule has 1 aromatic carbocycles. The van der Waals surface area contributed by atoms with Crippen LogP contribution >= 0.6 is 0 Å². The smallest absolute Gasteiger partial charge is 0.306 e. The Labute approximate surface area is 117 Å². The van der Waals surface area contributed by atoms with Gasteiger partial charge in [0.1, 0.15) is 24.3 Å². The molecule has 1 fully saturated rings. The maximum Gasteiger partial charge on any atom is 0.306 e. The minimum absolute atomic E-state index is 0.176. The molecule has 2 rings (SSSR count). The van der Waals surface area contributed by atoms with E-state index < -0.39 is 6.04 Å². The summed E-state index contributed by atoms with van der Waals surface area (Å²) in [7, 11) is 0. The first-order valence-corrected chi connectivity index (χ1v) is 6.56. The van der Waals surface area contributed by atoms with Crippen molar-refractivity contribution in [2.75, 3.05) is 6.61 Å². The lowest BCUT2D eigenvalue weighted by Gasteiger charge is -2.18. The van der Waals surface area contributed by atoms with E-state index in [2.05, 4.69) is 6.58 Å². The molecule has 4 nitrogen and oxygen atoms in total. The largest absolute Gasteiger partial charge is 0.492 e. The molecule has 2 N–H and O–H groups in total. The van der Waals surface area contributed by atoms with Gasteiger partial charge in [-0.05, 0) is 30.5 Å². The van der Waals surface area contributed by atoms with Crippen molar-refractivity contribution >= 4 is 5.97 Å². The number of esters is 1. The minimum Gasteiger partial charge on any atom is -0.492 e. The molecule has 0 radical (unpaired) electrons. The minimum atomic E-state index is -0.410. The molecule has 0 saturated carbocycles. The number of ether oxygens (including phenoxy) is 2. The van der Waals surface area contributed by atoms with Gasteiger partial charge in [0.15, 0.2) is 0 Å². The van der Waals surface area contributed by atoms with E-state index >= 15 is 0 Å². The number of allylic oxidation sites excluding steroid dienone is 1. The van der Waals surface area contributed by atoms with Crippen LogP contribution in [0.5, 0.6) is 5.75 Å². The summed E-state index contributed by atoms with van der Waals surface area (Å²) in [5.74, 6) is -0.175. The molecule has 0 aromatic heterocycles. The molecule has 0 aliphatic carbocycles. The summed E-state index contributed by atoms with van der Waals surface area (Å²) in [6, 6.07) is 4.08. The number of cyclic esters (lactones) is 1. The van der Waals surface area contributed by atoms with E-state index in [-0.39, 0.29) is 24.5 Å². The first-order valence-electron chi connectivity index (χ1n) is 6.56. The number of carbonyl (C=O) groups is 1. The highest BCUT2D eigenvalue weighted by Crippen LogP contribution is 2.20. The number of rotatable bonds is 6. The third kappa shape index (κ3) is 3.81. The first kappa shape index (κ1) is 14.5. The Balaban J connectivity index is 1.92. The fourth-order valence-electron chi connectivity index (χ4n) is 2.14. The van der Waals surface area contributed by atoms with Crippen LogP contribution in [0.15, 0.2) is 30.9 Å². The SMILES string of the molecule is C=CCc1cc(F)cc(OCC(N)C2CCC(=O)O2)c1. The average Bonchev–Trinajstić information content (AvgIpc) is 2.82. The number of nitrogens with two attached hydrogens (primary N) is 1. The average molecular weight is 279 g/mol. The van der Waals surface area contributed by atoms with Gasteiger partial charge in [0.25, 0.3) is 0 Å². The third-order valence-corrected chi connectivity index (χ3v) is 3.15. The lowest BCUT2D eigenvalue weighted by molar-refractivity contribution is -0.142. The van der Waals surface area contributed by atoms with E-state index in [9.17, 15) is 9.18 Å². The van der Waals surface area contributed by atoms with Crippen molar-refractivity contribution < 1.29 is 18.7 Å². The van der Waals surface area contributed by atoms with Gasteiger partial charge in [-0.1, -0.05) is 6.08 Å². The summed E-state index contributed by atoms with van der Waals surface area (Å²) in [6.07, 6.45) is 2.95. The topological polar surface area (TPSA) is 61.5 Å². The Morgan fingerprint density at radius 2 is 2.35 bits per heavy atom. The van der Waals surface area contributed by atoms with E-state index in [0.717, 1.165) is 5.56 Å². The highest BCUT2D eigenvalue weighted by Gasteiger charge is 2.29. The molecular formula is C15H18FNO3. The van der Waals surface area contributed by atoms with E-state index in [1.54, 1.807) is 12.1 Å². The van der Waals surface area contributed by atoms with Crippen LogP contribution in [0.1, 0.15) is 18.4 Å².